The number of aliphatic imine (C=N–C) groups is 2. The number of amides is 2. The van der Waals surface area contributed by atoms with Crippen LogP contribution in [0.2, 0.25) is 5.02 Å². The molecule has 13 nitrogen and oxygen atoms in total. The van der Waals surface area contributed by atoms with Crippen LogP contribution in [0.25, 0.3) is 5.69 Å². The van der Waals surface area contributed by atoms with Crippen molar-refractivity contribution in [2.75, 3.05) is 6.61 Å². The number of alkyl carbamates (subject to hydrolysis) is 1. The zero-order valence-electron chi connectivity index (χ0n) is 27.5. The summed E-state index contributed by atoms with van der Waals surface area (Å²) in [6.45, 7) is 7.28. The van der Waals surface area contributed by atoms with E-state index in [2.05, 4.69) is 19.9 Å². The highest BCUT2D eigenvalue weighted by Crippen LogP contribution is 2.49. The summed E-state index contributed by atoms with van der Waals surface area (Å²) in [6.07, 6.45) is 2.55. The van der Waals surface area contributed by atoms with Crippen molar-refractivity contribution in [2.45, 2.75) is 89.1 Å². The van der Waals surface area contributed by atoms with Gasteiger partial charge in [-0.05, 0) is 73.3 Å². The Labute approximate surface area is 286 Å². The maximum Gasteiger partial charge on any atom is 0.411 e. The van der Waals surface area contributed by atoms with Gasteiger partial charge in [0.2, 0.25) is 0 Å². The molecule has 5 rings (SSSR count). The Hall–Kier alpha value is -4.44. The van der Waals surface area contributed by atoms with Gasteiger partial charge in [0, 0.05) is 0 Å². The summed E-state index contributed by atoms with van der Waals surface area (Å²) in [4.78, 5) is 46.4. The summed E-state index contributed by atoms with van der Waals surface area (Å²) in [5.74, 6) is 4.48. The van der Waals surface area contributed by atoms with E-state index in [1.54, 1.807) is 18.2 Å². The van der Waals surface area contributed by atoms with Crippen molar-refractivity contribution in [3.8, 4) is 5.69 Å². The fourth-order valence-corrected chi connectivity index (χ4v) is 6.43. The lowest BCUT2D eigenvalue weighted by Crippen LogP contribution is -2.51. The van der Waals surface area contributed by atoms with Gasteiger partial charge in [-0.2, -0.15) is 24.2 Å². The molecule has 2 aliphatic carbocycles. The van der Waals surface area contributed by atoms with Crippen molar-refractivity contribution < 1.29 is 32.3 Å². The van der Waals surface area contributed by atoms with E-state index in [1.807, 2.05) is 45.2 Å². The number of nitrogens with zero attached hydrogens (tertiary/aromatic N) is 6. The fourth-order valence-electron chi connectivity index (χ4n) is 6.23. The molecule has 3 atom stereocenters. The van der Waals surface area contributed by atoms with Crippen LogP contribution in [0.15, 0.2) is 64.1 Å². The minimum absolute atomic E-state index is 0.136. The molecule has 2 aromatic rings. The van der Waals surface area contributed by atoms with E-state index in [0.29, 0.717) is 29.1 Å². The summed E-state index contributed by atoms with van der Waals surface area (Å²) in [6, 6.07) is 3.47. The average Bonchev–Trinajstić information content (AvgIpc) is 3.54. The van der Waals surface area contributed by atoms with E-state index in [9.17, 15) is 22.8 Å². The number of halogens is 4. The molecular weight excluding hydrogens is 667 g/mol. The van der Waals surface area contributed by atoms with Crippen LogP contribution in [0.3, 0.4) is 0 Å². The first-order valence-corrected chi connectivity index (χ1v) is 16.0. The second kappa shape index (κ2) is 13.5. The second-order valence-electron chi connectivity index (χ2n) is 13.6. The lowest BCUT2D eigenvalue weighted by molar-refractivity contribution is -0.164. The molecule has 0 bridgehead atoms. The molecule has 49 heavy (non-hydrogen) atoms. The lowest BCUT2D eigenvalue weighted by Gasteiger charge is -2.37. The summed E-state index contributed by atoms with van der Waals surface area (Å²) < 4.78 is 47.6. The van der Waals surface area contributed by atoms with Crippen LogP contribution in [0.4, 0.5) is 18.0 Å². The third kappa shape index (κ3) is 7.44. The monoisotopic (exact) mass is 705 g/mol. The highest BCUT2D eigenvalue weighted by molar-refractivity contribution is 6.32. The summed E-state index contributed by atoms with van der Waals surface area (Å²) in [7, 11) is 0. The molecule has 1 saturated carbocycles. The van der Waals surface area contributed by atoms with Crippen LogP contribution < -0.4 is 16.9 Å². The third-order valence-electron chi connectivity index (χ3n) is 8.84. The number of guanidine groups is 1. The minimum Gasteiger partial charge on any atom is -0.447 e. The Morgan fingerprint density at radius 2 is 1.96 bits per heavy atom. The van der Waals surface area contributed by atoms with E-state index in [-0.39, 0.29) is 31.3 Å². The normalized spacial score (nSPS) is 21.9. The molecule has 0 radical (unpaired) electrons. The SMILES string of the molecule is CC(N=CON)C1=CC=C([C@@]2(CC(C)(C)C)N=C(N)N([C@H](COC(=O)NC3(C(F)(F)F)CC3)c3ccc(Cl)c(-n4cncn4)c3)C2=O)CC1. The van der Waals surface area contributed by atoms with Gasteiger partial charge < -0.3 is 20.6 Å². The van der Waals surface area contributed by atoms with Crippen LogP contribution in [0.5, 0.6) is 0 Å². The number of allylic oxidation sites excluding steroid dienone is 2. The first-order chi connectivity index (χ1) is 23.0. The molecule has 0 saturated heterocycles. The first-order valence-electron chi connectivity index (χ1n) is 15.6. The number of ether oxygens (including phenoxy) is 1. The Morgan fingerprint density at radius 3 is 2.53 bits per heavy atom. The van der Waals surface area contributed by atoms with Crippen molar-refractivity contribution in [3.63, 3.8) is 0 Å². The number of hydrogen-bond donors (Lipinski definition) is 3. The predicted molar refractivity (Wildman–Crippen MR) is 176 cm³/mol. The number of aromatic nitrogens is 3. The number of nitrogens with one attached hydrogen (secondary N) is 1. The number of alkyl halides is 3. The minimum atomic E-state index is -4.65. The quantitative estimate of drug-likeness (QED) is 0.165. The third-order valence-corrected chi connectivity index (χ3v) is 9.16. The van der Waals surface area contributed by atoms with Gasteiger partial charge in [-0.3, -0.25) is 9.69 Å². The largest absolute Gasteiger partial charge is 0.447 e. The van der Waals surface area contributed by atoms with Crippen molar-refractivity contribution in [3.05, 3.63) is 64.7 Å². The molecule has 0 spiro atoms. The average molecular weight is 706 g/mol. The van der Waals surface area contributed by atoms with E-state index >= 15 is 0 Å². The van der Waals surface area contributed by atoms with Crippen molar-refractivity contribution >= 4 is 36.0 Å². The van der Waals surface area contributed by atoms with Crippen molar-refractivity contribution in [1.82, 2.24) is 25.0 Å². The Balaban J connectivity index is 1.53. The van der Waals surface area contributed by atoms with Crippen LogP contribution in [0, 0.1) is 5.41 Å². The Morgan fingerprint density at radius 1 is 1.22 bits per heavy atom. The molecule has 264 valence electrons. The number of nitrogens with two attached hydrogens (primary N) is 2. The van der Waals surface area contributed by atoms with Gasteiger partial charge in [0.25, 0.3) is 5.91 Å². The van der Waals surface area contributed by atoms with Gasteiger partial charge >= 0.3 is 12.3 Å². The predicted octanol–water partition coefficient (Wildman–Crippen LogP) is 5.07. The molecule has 1 aromatic heterocycles. The molecule has 1 fully saturated rings. The molecule has 17 heteroatoms. The molecule has 1 unspecified atom stereocenters. The van der Waals surface area contributed by atoms with Gasteiger partial charge in [-0.25, -0.2) is 24.4 Å². The number of hydrogen-bond acceptors (Lipinski definition) is 10. The topological polar surface area (TPSA) is 175 Å². The molecule has 1 aromatic carbocycles. The van der Waals surface area contributed by atoms with Crippen molar-refractivity contribution in [2.24, 2.45) is 27.0 Å². The summed E-state index contributed by atoms with van der Waals surface area (Å²) in [5, 5.41) is 6.40. The number of rotatable bonds is 11. The van der Waals surface area contributed by atoms with Gasteiger partial charge in [0.1, 0.15) is 24.8 Å². The molecule has 1 aliphatic heterocycles. The molecule has 3 aliphatic rings. The van der Waals surface area contributed by atoms with Crippen molar-refractivity contribution in [1.29, 1.82) is 0 Å². The Bertz CT molecular complexity index is 1700. The number of benzene rings is 1. The smallest absolute Gasteiger partial charge is 0.411 e. The fraction of sp³-hybridized carbons (Fsp3) is 0.500. The van der Waals surface area contributed by atoms with Crippen LogP contribution in [0.1, 0.15) is 71.4 Å². The van der Waals surface area contributed by atoms with E-state index in [0.717, 1.165) is 17.5 Å². The van der Waals surface area contributed by atoms with Gasteiger partial charge in [0.15, 0.2) is 17.9 Å². The van der Waals surface area contributed by atoms with Crippen LogP contribution >= 0.6 is 11.6 Å². The zero-order chi connectivity index (χ0) is 35.8. The standard InChI is InChI=1S/C32H39ClF3N9O4/c1-19(40-18-49-38)20-5-8-22(9-6-20)31(15-29(2,3)4)26(46)45(27(37)42-31)25(14-48-28(47)43-30(11-12-30)32(34,35)36)21-7-10-23(33)24(13-21)44-17-39-16-41-44/h5,7-8,10,13,16-19,25H,6,9,11-12,14-15,38H2,1-4H3,(H2,37,42)(H,43,47)/t19?,25-,31-/m1/s1. The number of carbonyl (C=O) groups is 2. The molecular formula is C32H39ClF3N9O4. The highest BCUT2D eigenvalue weighted by atomic mass is 35.5. The van der Waals surface area contributed by atoms with Crippen LogP contribution in [-0.2, 0) is 14.4 Å². The zero-order valence-corrected chi connectivity index (χ0v) is 28.3. The highest BCUT2D eigenvalue weighted by Gasteiger charge is 2.64. The number of carbonyl (C=O) groups excluding carboxylic acids is 2. The molecule has 5 N–H and O–H groups in total. The summed E-state index contributed by atoms with van der Waals surface area (Å²) in [5.41, 5.74) is 4.96. The van der Waals surface area contributed by atoms with E-state index in [4.69, 9.17) is 33.0 Å². The van der Waals surface area contributed by atoms with Gasteiger partial charge in [-0.1, -0.05) is 50.6 Å². The van der Waals surface area contributed by atoms with Gasteiger partial charge in [-0.15, -0.1) is 0 Å². The molecule has 2 amide bonds. The first kappa shape index (κ1) is 35.9. The van der Waals surface area contributed by atoms with E-state index in [1.165, 1.54) is 22.2 Å². The van der Waals surface area contributed by atoms with Crippen LogP contribution in [-0.4, -0.2) is 73.9 Å². The second-order valence-corrected chi connectivity index (χ2v) is 14.0. The van der Waals surface area contributed by atoms with Gasteiger partial charge in [0.05, 0.1) is 22.8 Å². The lowest BCUT2D eigenvalue weighted by atomic mass is 9.72. The van der Waals surface area contributed by atoms with E-state index < -0.39 is 47.3 Å². The maximum absolute atomic E-state index is 14.8. The summed E-state index contributed by atoms with van der Waals surface area (Å²) >= 11 is 6.49. The Kier molecular flexibility index (Phi) is 9.85. The molecule has 2 heterocycles. The maximum atomic E-state index is 14.8.